The van der Waals surface area contributed by atoms with Crippen LogP contribution >= 0.6 is 0 Å². The molecule has 142 valence electrons. The molecule has 0 spiro atoms. The van der Waals surface area contributed by atoms with Crippen molar-refractivity contribution < 1.29 is 9.18 Å². The van der Waals surface area contributed by atoms with Gasteiger partial charge in [-0.05, 0) is 50.6 Å². The third kappa shape index (κ3) is 5.15. The van der Waals surface area contributed by atoms with E-state index in [4.69, 9.17) is 0 Å². The number of piperidine rings is 1. The van der Waals surface area contributed by atoms with Crippen LogP contribution in [0.5, 0.6) is 0 Å². The van der Waals surface area contributed by atoms with Crippen LogP contribution in [0.25, 0.3) is 6.08 Å². The van der Waals surface area contributed by atoms with Crippen LogP contribution in [0.4, 0.5) is 4.39 Å². The molecule has 0 radical (unpaired) electrons. The number of hydrogen-bond acceptors (Lipinski definition) is 3. The largest absolute Gasteiger partial charge is 0.340 e. The molecular weight excluding hydrogens is 329 g/mol. The molecule has 0 saturated carbocycles. The van der Waals surface area contributed by atoms with Crippen molar-refractivity contribution in [3.05, 3.63) is 41.7 Å². The van der Waals surface area contributed by atoms with Gasteiger partial charge in [-0.25, -0.2) is 4.39 Å². The van der Waals surface area contributed by atoms with Crippen molar-refractivity contribution in [2.75, 3.05) is 46.3 Å². The van der Waals surface area contributed by atoms with Gasteiger partial charge in [0.05, 0.1) is 6.04 Å². The smallest absolute Gasteiger partial charge is 0.239 e. The minimum Gasteiger partial charge on any atom is -0.340 e. The van der Waals surface area contributed by atoms with E-state index in [1.807, 2.05) is 6.08 Å². The zero-order valence-electron chi connectivity index (χ0n) is 15.7. The minimum atomic E-state index is -0.206. The summed E-state index contributed by atoms with van der Waals surface area (Å²) in [7, 11) is 2.08. The number of carbonyl (C=O) groups excluding carboxylic acids is 1. The summed E-state index contributed by atoms with van der Waals surface area (Å²) in [5.41, 5.74) is 1.01. The fourth-order valence-corrected chi connectivity index (χ4v) is 3.88. The van der Waals surface area contributed by atoms with Gasteiger partial charge in [-0.15, -0.1) is 0 Å². The minimum absolute atomic E-state index is 0.0775. The molecule has 2 aliphatic rings. The number of likely N-dealkylation sites (N-methyl/N-ethyl adjacent to an activating group) is 1. The molecule has 4 nitrogen and oxygen atoms in total. The van der Waals surface area contributed by atoms with Crippen molar-refractivity contribution >= 4 is 12.0 Å². The van der Waals surface area contributed by atoms with Gasteiger partial charge in [0.2, 0.25) is 5.91 Å². The third-order valence-electron chi connectivity index (χ3n) is 5.50. The Hall–Kier alpha value is -1.72. The van der Waals surface area contributed by atoms with Crippen LogP contribution in [-0.2, 0) is 4.79 Å². The number of likely N-dealkylation sites (tertiary alicyclic amines) is 1. The van der Waals surface area contributed by atoms with Gasteiger partial charge in [-0.1, -0.05) is 30.7 Å². The molecule has 2 fully saturated rings. The Morgan fingerprint density at radius 1 is 1.08 bits per heavy atom. The highest BCUT2D eigenvalue weighted by molar-refractivity contribution is 5.82. The first-order chi connectivity index (χ1) is 12.6. The molecule has 2 aliphatic heterocycles. The predicted molar refractivity (Wildman–Crippen MR) is 103 cm³/mol. The van der Waals surface area contributed by atoms with Gasteiger partial charge in [-0.2, -0.15) is 0 Å². The Balaban J connectivity index is 1.48. The lowest BCUT2D eigenvalue weighted by Crippen LogP contribution is -2.50. The molecule has 1 amide bonds. The van der Waals surface area contributed by atoms with Crippen LogP contribution in [-0.4, -0.2) is 73.0 Å². The Bertz CT molecular complexity index is 616. The zero-order valence-corrected chi connectivity index (χ0v) is 15.7. The second-order valence-electron chi connectivity index (χ2n) is 7.43. The highest BCUT2D eigenvalue weighted by atomic mass is 19.1. The number of benzene rings is 1. The lowest BCUT2D eigenvalue weighted by atomic mass is 10.0. The average Bonchev–Trinajstić information content (AvgIpc) is 2.89. The molecule has 2 saturated heterocycles. The van der Waals surface area contributed by atoms with E-state index in [1.165, 1.54) is 18.6 Å². The van der Waals surface area contributed by atoms with Crippen LogP contribution in [0.3, 0.4) is 0 Å². The summed E-state index contributed by atoms with van der Waals surface area (Å²) < 4.78 is 12.9. The van der Waals surface area contributed by atoms with Gasteiger partial charge in [-0.3, -0.25) is 14.6 Å². The van der Waals surface area contributed by atoms with Crippen LogP contribution in [0.1, 0.15) is 31.2 Å². The lowest BCUT2D eigenvalue weighted by molar-refractivity contribution is -0.137. The van der Waals surface area contributed by atoms with Gasteiger partial charge >= 0.3 is 0 Å². The van der Waals surface area contributed by atoms with E-state index < -0.39 is 0 Å². The monoisotopic (exact) mass is 359 g/mol. The molecular formula is C21H30FN3O. The van der Waals surface area contributed by atoms with Gasteiger partial charge in [0, 0.05) is 32.7 Å². The second kappa shape index (κ2) is 9.28. The summed E-state index contributed by atoms with van der Waals surface area (Å²) in [4.78, 5) is 19.5. The maximum absolute atomic E-state index is 12.9. The van der Waals surface area contributed by atoms with Crippen molar-refractivity contribution in [1.29, 1.82) is 0 Å². The van der Waals surface area contributed by atoms with E-state index in [-0.39, 0.29) is 11.9 Å². The zero-order chi connectivity index (χ0) is 18.4. The molecule has 26 heavy (non-hydrogen) atoms. The molecule has 0 aliphatic carbocycles. The molecule has 1 unspecified atom stereocenters. The molecule has 3 rings (SSSR count). The van der Waals surface area contributed by atoms with Crippen LogP contribution in [0.15, 0.2) is 30.3 Å². The molecule has 1 aromatic carbocycles. The molecule has 1 aromatic rings. The topological polar surface area (TPSA) is 26.8 Å². The fraction of sp³-hybridized carbons (Fsp3) is 0.571. The SMILES string of the molecule is CN1CCCCC1C(=O)N1CCCN(C/C=C/c2ccc(F)cc2)CC1. The van der Waals surface area contributed by atoms with Gasteiger partial charge < -0.3 is 4.90 Å². The summed E-state index contributed by atoms with van der Waals surface area (Å²) in [6, 6.07) is 6.62. The number of halogens is 1. The quantitative estimate of drug-likeness (QED) is 0.827. The van der Waals surface area contributed by atoms with Crippen LogP contribution < -0.4 is 0 Å². The standard InChI is InChI=1S/C21H30FN3O/c1-23-12-3-2-7-20(23)21(26)25-15-5-14-24(16-17-25)13-4-6-18-8-10-19(22)11-9-18/h4,6,8-11,20H,2-3,5,7,12-17H2,1H3/b6-4+. The molecule has 1 atom stereocenters. The van der Waals surface area contributed by atoms with E-state index in [0.29, 0.717) is 5.91 Å². The fourth-order valence-electron chi connectivity index (χ4n) is 3.88. The number of amides is 1. The molecule has 0 aromatic heterocycles. The summed E-state index contributed by atoms with van der Waals surface area (Å²) in [5, 5.41) is 0. The van der Waals surface area contributed by atoms with Gasteiger partial charge in [0.15, 0.2) is 0 Å². The highest BCUT2D eigenvalue weighted by Gasteiger charge is 2.30. The maximum atomic E-state index is 12.9. The molecule has 0 N–H and O–H groups in total. The van der Waals surface area contributed by atoms with Crippen molar-refractivity contribution in [3.63, 3.8) is 0 Å². The Labute approximate surface area is 156 Å². The Morgan fingerprint density at radius 2 is 1.88 bits per heavy atom. The molecule has 0 bridgehead atoms. The van der Waals surface area contributed by atoms with Gasteiger partial charge in [0.1, 0.15) is 5.82 Å². The normalized spacial score (nSPS) is 23.3. The van der Waals surface area contributed by atoms with E-state index in [1.54, 1.807) is 12.1 Å². The van der Waals surface area contributed by atoms with Crippen LogP contribution in [0, 0.1) is 5.82 Å². The van der Waals surface area contributed by atoms with Crippen LogP contribution in [0.2, 0.25) is 0 Å². The van der Waals surface area contributed by atoms with E-state index in [9.17, 15) is 9.18 Å². The Morgan fingerprint density at radius 3 is 2.65 bits per heavy atom. The van der Waals surface area contributed by atoms with Crippen molar-refractivity contribution in [2.45, 2.75) is 31.7 Å². The first-order valence-electron chi connectivity index (χ1n) is 9.77. The van der Waals surface area contributed by atoms with E-state index in [0.717, 1.165) is 64.1 Å². The van der Waals surface area contributed by atoms with E-state index in [2.05, 4.69) is 27.8 Å². The predicted octanol–water partition coefficient (Wildman–Crippen LogP) is 2.86. The summed E-state index contributed by atoms with van der Waals surface area (Å²) in [6.45, 7) is 5.50. The van der Waals surface area contributed by atoms with Gasteiger partial charge in [0.25, 0.3) is 0 Å². The van der Waals surface area contributed by atoms with Crippen molar-refractivity contribution in [3.8, 4) is 0 Å². The summed E-state index contributed by atoms with van der Waals surface area (Å²) in [6.07, 6.45) is 8.54. The average molecular weight is 359 g/mol. The van der Waals surface area contributed by atoms with E-state index >= 15 is 0 Å². The second-order valence-corrected chi connectivity index (χ2v) is 7.43. The first kappa shape index (κ1) is 19.1. The number of hydrogen-bond donors (Lipinski definition) is 0. The maximum Gasteiger partial charge on any atom is 0.239 e. The lowest BCUT2D eigenvalue weighted by Gasteiger charge is -2.35. The molecule has 5 heteroatoms. The number of rotatable bonds is 4. The third-order valence-corrected chi connectivity index (χ3v) is 5.50. The number of nitrogens with zero attached hydrogens (tertiary/aromatic N) is 3. The molecule has 2 heterocycles. The number of carbonyl (C=O) groups is 1. The first-order valence-corrected chi connectivity index (χ1v) is 9.77. The summed E-state index contributed by atoms with van der Waals surface area (Å²) in [5.74, 6) is 0.110. The highest BCUT2D eigenvalue weighted by Crippen LogP contribution is 2.18. The Kier molecular flexibility index (Phi) is 6.80. The van der Waals surface area contributed by atoms with Crippen molar-refractivity contribution in [2.24, 2.45) is 0 Å². The van der Waals surface area contributed by atoms with Crippen molar-refractivity contribution in [1.82, 2.24) is 14.7 Å². The summed E-state index contributed by atoms with van der Waals surface area (Å²) >= 11 is 0.